The molecular formula is C17H20N4O5S. The molecule has 0 radical (unpaired) electrons. The molecule has 10 heteroatoms. The molecule has 0 aliphatic carbocycles. The van der Waals surface area contributed by atoms with E-state index in [2.05, 4.69) is 9.97 Å². The van der Waals surface area contributed by atoms with E-state index in [-0.39, 0.29) is 17.9 Å². The van der Waals surface area contributed by atoms with Gasteiger partial charge in [-0.15, -0.1) is 0 Å². The highest BCUT2D eigenvalue weighted by Gasteiger charge is 2.41. The van der Waals surface area contributed by atoms with Crippen molar-refractivity contribution in [3.05, 3.63) is 47.0 Å². The highest BCUT2D eigenvalue weighted by atomic mass is 32.2. The fraction of sp³-hybridized carbons (Fsp3) is 0.353. The number of aryl methyl sites for hydroxylation is 2. The van der Waals surface area contributed by atoms with Gasteiger partial charge in [-0.25, -0.2) is 13.9 Å². The van der Waals surface area contributed by atoms with E-state index in [0.29, 0.717) is 28.5 Å². The van der Waals surface area contributed by atoms with Crippen LogP contribution < -0.4 is 10.2 Å². The second-order valence-corrected chi connectivity index (χ2v) is 8.10. The molecule has 0 bridgehead atoms. The summed E-state index contributed by atoms with van der Waals surface area (Å²) >= 11 is 0. The normalized spacial score (nSPS) is 17.3. The van der Waals surface area contributed by atoms with Crippen molar-refractivity contribution in [2.75, 3.05) is 7.11 Å². The molecule has 1 aromatic carbocycles. The van der Waals surface area contributed by atoms with Crippen LogP contribution in [-0.4, -0.2) is 47.0 Å². The van der Waals surface area contributed by atoms with Gasteiger partial charge in [0.05, 0.1) is 41.3 Å². The number of amides is 1. The van der Waals surface area contributed by atoms with Crippen molar-refractivity contribution in [1.29, 1.82) is 0 Å². The number of hydrogen-bond acceptors (Lipinski definition) is 7. The van der Waals surface area contributed by atoms with E-state index in [9.17, 15) is 13.2 Å². The molecule has 1 unspecified atom stereocenters. The van der Waals surface area contributed by atoms with E-state index < -0.39 is 22.0 Å². The van der Waals surface area contributed by atoms with E-state index >= 15 is 0 Å². The Morgan fingerprint density at radius 1 is 1.19 bits per heavy atom. The molecule has 0 spiro atoms. The lowest BCUT2D eigenvalue weighted by molar-refractivity contribution is -0.133. The van der Waals surface area contributed by atoms with Crippen LogP contribution in [0.5, 0.6) is 5.75 Å². The van der Waals surface area contributed by atoms with Gasteiger partial charge in [-0.05, 0) is 38.1 Å². The molecule has 9 nitrogen and oxygen atoms in total. The summed E-state index contributed by atoms with van der Waals surface area (Å²) in [6.45, 7) is 3.47. The molecule has 27 heavy (non-hydrogen) atoms. The minimum absolute atomic E-state index is 0.0132. The molecule has 1 atom stereocenters. The molecule has 1 amide bonds. The van der Waals surface area contributed by atoms with Crippen molar-refractivity contribution >= 4 is 15.9 Å². The largest absolute Gasteiger partial charge is 0.497 e. The predicted molar refractivity (Wildman–Crippen MR) is 94.7 cm³/mol. The number of carbonyl (C=O) groups excluding carboxylic acids is 1. The van der Waals surface area contributed by atoms with Crippen molar-refractivity contribution in [1.82, 2.24) is 19.8 Å². The van der Waals surface area contributed by atoms with E-state index in [1.165, 1.54) is 31.4 Å². The summed E-state index contributed by atoms with van der Waals surface area (Å²) in [5, 5.41) is 9.08. The molecule has 3 rings (SSSR count). The molecule has 0 saturated carbocycles. The van der Waals surface area contributed by atoms with Gasteiger partial charge in [0.1, 0.15) is 11.8 Å². The molecule has 0 fully saturated rings. The fourth-order valence-corrected chi connectivity index (χ4v) is 4.51. The number of sulfonamides is 1. The first-order valence-corrected chi connectivity index (χ1v) is 9.64. The van der Waals surface area contributed by atoms with Gasteiger partial charge in [-0.3, -0.25) is 20.0 Å². The lowest BCUT2D eigenvalue weighted by Gasteiger charge is -2.33. The first-order chi connectivity index (χ1) is 12.8. The van der Waals surface area contributed by atoms with Gasteiger partial charge < -0.3 is 4.74 Å². The zero-order valence-corrected chi connectivity index (χ0v) is 15.9. The summed E-state index contributed by atoms with van der Waals surface area (Å²) in [6, 6.07) is 4.73. The second kappa shape index (κ2) is 7.22. The Kier molecular flexibility index (Phi) is 5.13. The summed E-state index contributed by atoms with van der Waals surface area (Å²) < 4.78 is 32.4. The number of aromatic nitrogens is 2. The number of methoxy groups -OCH3 is 1. The highest BCUT2D eigenvalue weighted by Crippen LogP contribution is 2.29. The van der Waals surface area contributed by atoms with E-state index in [1.807, 2.05) is 0 Å². The average Bonchev–Trinajstić information content (AvgIpc) is 2.67. The molecule has 144 valence electrons. The first-order valence-electron chi connectivity index (χ1n) is 8.20. The Bertz CT molecular complexity index is 976. The number of carbonyl (C=O) groups is 1. The summed E-state index contributed by atoms with van der Waals surface area (Å²) in [5.41, 5.74) is 4.00. The van der Waals surface area contributed by atoms with Gasteiger partial charge in [0.2, 0.25) is 10.0 Å². The Hall–Kier alpha value is -2.56. The Morgan fingerprint density at radius 3 is 2.33 bits per heavy atom. The van der Waals surface area contributed by atoms with Crippen LogP contribution in [0, 0.1) is 13.8 Å². The number of nitrogens with zero attached hydrogens (tertiary/aromatic N) is 3. The minimum Gasteiger partial charge on any atom is -0.497 e. The van der Waals surface area contributed by atoms with Crippen LogP contribution in [0.2, 0.25) is 0 Å². The van der Waals surface area contributed by atoms with E-state index in [0.717, 1.165) is 4.31 Å². The molecule has 1 aromatic heterocycles. The summed E-state index contributed by atoms with van der Waals surface area (Å²) in [7, 11) is -2.54. The number of benzene rings is 1. The van der Waals surface area contributed by atoms with Crippen molar-refractivity contribution < 1.29 is 23.2 Å². The van der Waals surface area contributed by atoms with Gasteiger partial charge in [-0.2, -0.15) is 4.31 Å². The van der Waals surface area contributed by atoms with Crippen LogP contribution in [-0.2, 0) is 27.8 Å². The Labute approximate surface area is 157 Å². The summed E-state index contributed by atoms with van der Waals surface area (Å²) in [6.07, 6.45) is 0.0191. The summed E-state index contributed by atoms with van der Waals surface area (Å²) in [4.78, 5) is 21.1. The van der Waals surface area contributed by atoms with Crippen LogP contribution in [0.1, 0.15) is 22.8 Å². The molecule has 1 aliphatic rings. The molecule has 2 heterocycles. The summed E-state index contributed by atoms with van der Waals surface area (Å²) in [5.74, 6) is -0.308. The van der Waals surface area contributed by atoms with Crippen molar-refractivity contribution in [2.24, 2.45) is 0 Å². The quantitative estimate of drug-likeness (QED) is 0.581. The molecule has 0 saturated heterocycles. The van der Waals surface area contributed by atoms with Gasteiger partial charge >= 0.3 is 0 Å². The van der Waals surface area contributed by atoms with Gasteiger partial charge in [0, 0.05) is 6.42 Å². The number of ether oxygens (including phenoxy) is 1. The average molecular weight is 392 g/mol. The first kappa shape index (κ1) is 19.2. The van der Waals surface area contributed by atoms with E-state index in [1.54, 1.807) is 19.3 Å². The zero-order valence-electron chi connectivity index (χ0n) is 15.1. The smallest absolute Gasteiger partial charge is 0.262 e. The third-order valence-corrected chi connectivity index (χ3v) is 6.45. The van der Waals surface area contributed by atoms with Crippen LogP contribution in [0.25, 0.3) is 0 Å². The van der Waals surface area contributed by atoms with Gasteiger partial charge in [0.25, 0.3) is 5.91 Å². The highest BCUT2D eigenvalue weighted by molar-refractivity contribution is 7.89. The zero-order chi connectivity index (χ0) is 19.8. The van der Waals surface area contributed by atoms with Crippen LogP contribution >= 0.6 is 0 Å². The van der Waals surface area contributed by atoms with Crippen LogP contribution in [0.15, 0.2) is 29.2 Å². The molecule has 1 aliphatic heterocycles. The van der Waals surface area contributed by atoms with Crippen LogP contribution in [0.4, 0.5) is 0 Å². The standard InChI is InChI=1S/C17H20N4O5S/c1-10-11(2)19-15-9-21(16(17(22)20-23)8-14(15)18-10)27(24,25)13-6-4-12(26-3)5-7-13/h4-7,16,23H,8-9H2,1-3H3,(H,20,22). The second-order valence-electron chi connectivity index (χ2n) is 6.21. The van der Waals surface area contributed by atoms with Crippen LogP contribution in [0.3, 0.4) is 0 Å². The molecule has 2 aromatic rings. The number of hydroxylamine groups is 1. The minimum atomic E-state index is -4.02. The fourth-order valence-electron chi connectivity index (χ4n) is 2.96. The Morgan fingerprint density at radius 2 is 1.78 bits per heavy atom. The number of rotatable bonds is 4. The lowest BCUT2D eigenvalue weighted by atomic mass is 10.0. The molecular weight excluding hydrogens is 372 g/mol. The van der Waals surface area contributed by atoms with Crippen molar-refractivity contribution in [3.8, 4) is 5.75 Å². The predicted octanol–water partition coefficient (Wildman–Crippen LogP) is 0.723. The maximum Gasteiger partial charge on any atom is 0.262 e. The maximum atomic E-state index is 13.2. The van der Waals surface area contributed by atoms with Gasteiger partial charge in [-0.1, -0.05) is 0 Å². The van der Waals surface area contributed by atoms with Crippen molar-refractivity contribution in [3.63, 3.8) is 0 Å². The third-order valence-electron chi connectivity index (χ3n) is 4.58. The monoisotopic (exact) mass is 392 g/mol. The Balaban J connectivity index is 2.06. The number of fused-ring (bicyclic) bond motifs is 1. The third kappa shape index (κ3) is 3.51. The molecule has 2 N–H and O–H groups in total. The lowest BCUT2D eigenvalue weighted by Crippen LogP contribution is -2.52. The number of hydrogen-bond donors (Lipinski definition) is 2. The topological polar surface area (TPSA) is 122 Å². The van der Waals surface area contributed by atoms with E-state index in [4.69, 9.17) is 9.94 Å². The maximum absolute atomic E-state index is 13.2. The van der Waals surface area contributed by atoms with Crippen molar-refractivity contribution in [2.45, 2.75) is 37.8 Å². The van der Waals surface area contributed by atoms with Gasteiger partial charge in [0.15, 0.2) is 0 Å². The number of nitrogens with one attached hydrogen (secondary N) is 1. The SMILES string of the molecule is COc1ccc(S(=O)(=O)N2Cc3nc(C)c(C)nc3CC2C(=O)NO)cc1.